The molecule has 26 heavy (non-hydrogen) atoms. The lowest BCUT2D eigenvalue weighted by Crippen LogP contribution is -2.42. The summed E-state index contributed by atoms with van der Waals surface area (Å²) in [5.41, 5.74) is 0.901. The molecule has 6 nitrogen and oxygen atoms in total. The summed E-state index contributed by atoms with van der Waals surface area (Å²) in [4.78, 5) is 4.71. The SMILES string of the molecule is CCCCCCC(C)NC(=NCCCc1nnc2ccccn12)NCC. The topological polar surface area (TPSA) is 66.6 Å². The van der Waals surface area contributed by atoms with Gasteiger partial charge in [-0.15, -0.1) is 10.2 Å². The van der Waals surface area contributed by atoms with Gasteiger partial charge in [0.25, 0.3) is 0 Å². The minimum absolute atomic E-state index is 0.449. The Hall–Kier alpha value is -2.11. The Labute approximate surface area is 157 Å². The molecule has 144 valence electrons. The summed E-state index contributed by atoms with van der Waals surface area (Å²) in [6.45, 7) is 8.25. The molecule has 1 unspecified atom stereocenters. The van der Waals surface area contributed by atoms with Crippen LogP contribution in [0.5, 0.6) is 0 Å². The zero-order chi connectivity index (χ0) is 18.6. The quantitative estimate of drug-likeness (QED) is 0.366. The number of aryl methyl sites for hydroxylation is 1. The van der Waals surface area contributed by atoms with Gasteiger partial charge in [-0.25, -0.2) is 0 Å². The van der Waals surface area contributed by atoms with Gasteiger partial charge in [-0.2, -0.15) is 0 Å². The lowest BCUT2D eigenvalue weighted by Gasteiger charge is -2.17. The van der Waals surface area contributed by atoms with Crippen molar-refractivity contribution in [2.75, 3.05) is 13.1 Å². The van der Waals surface area contributed by atoms with E-state index >= 15 is 0 Å². The highest BCUT2D eigenvalue weighted by Crippen LogP contribution is 2.06. The van der Waals surface area contributed by atoms with Crippen molar-refractivity contribution < 1.29 is 0 Å². The first-order chi connectivity index (χ1) is 12.7. The molecule has 2 N–H and O–H groups in total. The number of hydrogen-bond donors (Lipinski definition) is 2. The molecule has 0 saturated carbocycles. The fourth-order valence-corrected chi connectivity index (χ4v) is 2.99. The van der Waals surface area contributed by atoms with E-state index < -0.39 is 0 Å². The van der Waals surface area contributed by atoms with Crippen molar-refractivity contribution in [2.24, 2.45) is 4.99 Å². The highest BCUT2D eigenvalue weighted by atomic mass is 15.2. The van der Waals surface area contributed by atoms with Crippen molar-refractivity contribution in [1.29, 1.82) is 0 Å². The van der Waals surface area contributed by atoms with Gasteiger partial charge in [-0.1, -0.05) is 38.7 Å². The zero-order valence-corrected chi connectivity index (χ0v) is 16.5. The van der Waals surface area contributed by atoms with Crippen LogP contribution in [0.15, 0.2) is 29.4 Å². The van der Waals surface area contributed by atoms with Gasteiger partial charge in [-0.3, -0.25) is 9.39 Å². The molecule has 2 heterocycles. The van der Waals surface area contributed by atoms with Crippen LogP contribution in [0.4, 0.5) is 0 Å². The summed E-state index contributed by atoms with van der Waals surface area (Å²) in [5, 5.41) is 15.3. The van der Waals surface area contributed by atoms with Gasteiger partial charge in [0.15, 0.2) is 11.6 Å². The highest BCUT2D eigenvalue weighted by Gasteiger charge is 2.06. The summed E-state index contributed by atoms with van der Waals surface area (Å²) in [7, 11) is 0. The number of hydrogen-bond acceptors (Lipinski definition) is 3. The molecule has 0 amide bonds. The predicted molar refractivity (Wildman–Crippen MR) is 109 cm³/mol. The molecule has 0 bridgehead atoms. The molecule has 0 saturated heterocycles. The van der Waals surface area contributed by atoms with Crippen molar-refractivity contribution >= 4 is 11.6 Å². The molecule has 2 aromatic rings. The van der Waals surface area contributed by atoms with Crippen LogP contribution >= 0.6 is 0 Å². The van der Waals surface area contributed by atoms with Crippen molar-refractivity contribution in [3.05, 3.63) is 30.2 Å². The average Bonchev–Trinajstić information content (AvgIpc) is 3.06. The minimum atomic E-state index is 0.449. The monoisotopic (exact) mass is 358 g/mol. The van der Waals surface area contributed by atoms with E-state index in [1.54, 1.807) is 0 Å². The first-order valence-corrected chi connectivity index (χ1v) is 10.1. The van der Waals surface area contributed by atoms with Gasteiger partial charge in [0, 0.05) is 31.7 Å². The summed E-state index contributed by atoms with van der Waals surface area (Å²) >= 11 is 0. The van der Waals surface area contributed by atoms with Gasteiger partial charge in [0.2, 0.25) is 0 Å². The van der Waals surface area contributed by atoms with Crippen LogP contribution in [-0.2, 0) is 6.42 Å². The van der Waals surface area contributed by atoms with E-state index in [9.17, 15) is 0 Å². The van der Waals surface area contributed by atoms with Crippen LogP contribution in [0.1, 0.15) is 65.1 Å². The highest BCUT2D eigenvalue weighted by molar-refractivity contribution is 5.80. The summed E-state index contributed by atoms with van der Waals surface area (Å²) in [6, 6.07) is 6.41. The van der Waals surface area contributed by atoms with Crippen LogP contribution in [-0.4, -0.2) is 39.7 Å². The first-order valence-electron chi connectivity index (χ1n) is 10.1. The van der Waals surface area contributed by atoms with Gasteiger partial charge in [-0.05, 0) is 38.8 Å². The van der Waals surface area contributed by atoms with E-state index in [0.717, 1.165) is 43.4 Å². The third-order valence-electron chi connectivity index (χ3n) is 4.43. The van der Waals surface area contributed by atoms with E-state index in [1.165, 1.54) is 32.1 Å². The zero-order valence-electron chi connectivity index (χ0n) is 16.5. The first kappa shape index (κ1) is 20.2. The van der Waals surface area contributed by atoms with Crippen LogP contribution in [0.2, 0.25) is 0 Å². The van der Waals surface area contributed by atoms with E-state index in [-0.39, 0.29) is 0 Å². The number of guanidine groups is 1. The fraction of sp³-hybridized carbons (Fsp3) is 0.650. The molecule has 0 fully saturated rings. The van der Waals surface area contributed by atoms with Gasteiger partial charge < -0.3 is 10.6 Å². The third-order valence-corrected chi connectivity index (χ3v) is 4.43. The Balaban J connectivity index is 1.77. The molecule has 0 radical (unpaired) electrons. The van der Waals surface area contributed by atoms with Crippen LogP contribution in [0.3, 0.4) is 0 Å². The Morgan fingerprint density at radius 2 is 2.04 bits per heavy atom. The lowest BCUT2D eigenvalue weighted by molar-refractivity contribution is 0.537. The normalized spacial score (nSPS) is 13.1. The molecular formula is C20H34N6. The van der Waals surface area contributed by atoms with Gasteiger partial charge >= 0.3 is 0 Å². The van der Waals surface area contributed by atoms with Gasteiger partial charge in [0.05, 0.1) is 0 Å². The smallest absolute Gasteiger partial charge is 0.191 e. The lowest BCUT2D eigenvalue weighted by atomic mass is 10.1. The molecule has 0 spiro atoms. The van der Waals surface area contributed by atoms with E-state index in [0.29, 0.717) is 6.04 Å². The molecular weight excluding hydrogens is 324 g/mol. The Morgan fingerprint density at radius 1 is 1.15 bits per heavy atom. The molecule has 2 rings (SSSR count). The molecule has 0 aliphatic rings. The number of unbranched alkanes of at least 4 members (excludes halogenated alkanes) is 3. The van der Waals surface area contributed by atoms with Crippen molar-refractivity contribution in [3.8, 4) is 0 Å². The van der Waals surface area contributed by atoms with Gasteiger partial charge in [0.1, 0.15) is 5.82 Å². The summed E-state index contributed by atoms with van der Waals surface area (Å²) in [6.07, 6.45) is 10.3. The number of nitrogens with one attached hydrogen (secondary N) is 2. The molecule has 0 aliphatic carbocycles. The second-order valence-corrected chi connectivity index (χ2v) is 6.80. The second-order valence-electron chi connectivity index (χ2n) is 6.80. The Morgan fingerprint density at radius 3 is 2.85 bits per heavy atom. The minimum Gasteiger partial charge on any atom is -0.357 e. The third kappa shape index (κ3) is 6.65. The summed E-state index contributed by atoms with van der Waals surface area (Å²) < 4.78 is 2.05. The second kappa shape index (κ2) is 11.5. The number of aromatic nitrogens is 3. The number of fused-ring (bicyclic) bond motifs is 1. The van der Waals surface area contributed by atoms with Crippen molar-refractivity contribution in [3.63, 3.8) is 0 Å². The molecule has 0 aliphatic heterocycles. The maximum absolute atomic E-state index is 4.71. The molecule has 6 heteroatoms. The number of aliphatic imine (C=N–C) groups is 1. The van der Waals surface area contributed by atoms with Crippen LogP contribution < -0.4 is 10.6 Å². The largest absolute Gasteiger partial charge is 0.357 e. The summed E-state index contributed by atoms with van der Waals surface area (Å²) in [5.74, 6) is 1.92. The predicted octanol–water partition coefficient (Wildman–Crippen LogP) is 3.58. The fourth-order valence-electron chi connectivity index (χ4n) is 2.99. The van der Waals surface area contributed by atoms with Crippen LogP contribution in [0.25, 0.3) is 5.65 Å². The molecule has 0 aromatic carbocycles. The molecule has 2 aromatic heterocycles. The van der Waals surface area contributed by atoms with Crippen molar-refractivity contribution in [2.45, 2.75) is 71.8 Å². The van der Waals surface area contributed by atoms with Crippen LogP contribution in [0, 0.1) is 0 Å². The maximum atomic E-state index is 4.71. The van der Waals surface area contributed by atoms with E-state index in [2.05, 4.69) is 41.6 Å². The Kier molecular flexibility index (Phi) is 8.93. The van der Waals surface area contributed by atoms with E-state index in [4.69, 9.17) is 4.99 Å². The average molecular weight is 359 g/mol. The molecule has 1 atom stereocenters. The number of nitrogens with zero attached hydrogens (tertiary/aromatic N) is 4. The number of pyridine rings is 1. The number of rotatable bonds is 11. The Bertz CT molecular complexity index is 663. The van der Waals surface area contributed by atoms with E-state index in [1.807, 2.05) is 28.8 Å². The maximum Gasteiger partial charge on any atom is 0.191 e. The van der Waals surface area contributed by atoms with Crippen molar-refractivity contribution in [1.82, 2.24) is 25.2 Å². The standard InChI is InChI=1S/C20H34N6/c1-4-6-7-8-12-17(3)23-20(21-5-2)22-15-11-14-19-25-24-18-13-9-10-16-26(18)19/h9-10,13,16-17H,4-8,11-12,14-15H2,1-3H3,(H2,21,22,23).